The number of hydrogen-bond donors (Lipinski definition) is 1. The minimum Gasteiger partial charge on any atom is -0.495 e. The molecule has 0 bridgehead atoms. The normalized spacial score (nSPS) is 15.8. The number of anilines is 1. The number of methoxy groups -OCH3 is 1. The van der Waals surface area contributed by atoms with Gasteiger partial charge in [-0.1, -0.05) is 54.6 Å². The van der Waals surface area contributed by atoms with Gasteiger partial charge in [-0.05, 0) is 35.4 Å². The van der Waals surface area contributed by atoms with Gasteiger partial charge in [0.05, 0.1) is 18.6 Å². The number of hydrogen-bond acceptors (Lipinski definition) is 4. The monoisotopic (exact) mass is 418 g/mol. The Kier molecular flexibility index (Phi) is 6.05. The molecule has 0 spiro atoms. The number of amides is 2. The van der Waals surface area contributed by atoms with Gasteiger partial charge in [-0.15, -0.1) is 11.8 Å². The molecule has 6 heteroatoms. The predicted molar refractivity (Wildman–Crippen MR) is 120 cm³/mol. The summed E-state index contributed by atoms with van der Waals surface area (Å²) in [6.07, 6.45) is 0. The van der Waals surface area contributed by atoms with E-state index < -0.39 is 0 Å². The summed E-state index contributed by atoms with van der Waals surface area (Å²) in [6, 6.07) is 24.7. The molecule has 0 saturated carbocycles. The molecule has 30 heavy (non-hydrogen) atoms. The maximum Gasteiger partial charge on any atom is 0.255 e. The van der Waals surface area contributed by atoms with Crippen molar-refractivity contribution in [2.75, 3.05) is 18.2 Å². The van der Waals surface area contributed by atoms with E-state index in [9.17, 15) is 9.59 Å². The minimum atomic E-state index is -0.206. The number of nitrogens with zero attached hydrogens (tertiary/aromatic N) is 1. The zero-order chi connectivity index (χ0) is 20.9. The first kappa shape index (κ1) is 20.0. The second-order valence-corrected chi connectivity index (χ2v) is 8.02. The van der Waals surface area contributed by atoms with Crippen LogP contribution in [0.5, 0.6) is 5.75 Å². The highest BCUT2D eigenvalue weighted by Crippen LogP contribution is 2.39. The molecule has 3 aromatic rings. The smallest absolute Gasteiger partial charge is 0.255 e. The van der Waals surface area contributed by atoms with Crippen LogP contribution in [0.1, 0.15) is 26.9 Å². The van der Waals surface area contributed by atoms with Gasteiger partial charge in [0.2, 0.25) is 5.91 Å². The quantitative estimate of drug-likeness (QED) is 0.629. The van der Waals surface area contributed by atoms with Crippen LogP contribution in [0, 0.1) is 0 Å². The Morgan fingerprint density at radius 1 is 1.03 bits per heavy atom. The van der Waals surface area contributed by atoms with E-state index in [1.807, 2.05) is 59.5 Å². The predicted octanol–water partition coefficient (Wildman–Crippen LogP) is 4.72. The highest BCUT2D eigenvalue weighted by atomic mass is 32.2. The van der Waals surface area contributed by atoms with Gasteiger partial charge in [-0.3, -0.25) is 9.59 Å². The first-order valence-corrected chi connectivity index (χ1v) is 10.7. The third-order valence-corrected chi connectivity index (χ3v) is 6.23. The number of ether oxygens (including phenoxy) is 1. The van der Waals surface area contributed by atoms with Gasteiger partial charge in [0.15, 0.2) is 0 Å². The fraction of sp³-hybridized carbons (Fsp3) is 0.167. The molecule has 1 unspecified atom stereocenters. The molecule has 1 N–H and O–H groups in total. The van der Waals surface area contributed by atoms with Gasteiger partial charge in [-0.2, -0.15) is 0 Å². The number of rotatable bonds is 6. The van der Waals surface area contributed by atoms with Gasteiger partial charge < -0.3 is 15.0 Å². The number of nitrogens with one attached hydrogen (secondary N) is 1. The van der Waals surface area contributed by atoms with Crippen LogP contribution in [0.3, 0.4) is 0 Å². The summed E-state index contributed by atoms with van der Waals surface area (Å²) < 4.78 is 5.28. The van der Waals surface area contributed by atoms with Crippen molar-refractivity contribution in [3.05, 3.63) is 95.6 Å². The lowest BCUT2D eigenvalue weighted by atomic mass is 10.1. The topological polar surface area (TPSA) is 58.6 Å². The summed E-state index contributed by atoms with van der Waals surface area (Å²) in [7, 11) is 1.57. The number of para-hydroxylation sites is 2. The lowest BCUT2D eigenvalue weighted by Gasteiger charge is -2.24. The molecular weight excluding hydrogens is 396 g/mol. The van der Waals surface area contributed by atoms with Gasteiger partial charge in [0.1, 0.15) is 11.1 Å². The Balaban J connectivity index is 1.48. The van der Waals surface area contributed by atoms with Gasteiger partial charge in [0, 0.05) is 12.1 Å². The molecule has 152 valence electrons. The maximum atomic E-state index is 12.6. The minimum absolute atomic E-state index is 0.0518. The van der Waals surface area contributed by atoms with E-state index in [-0.39, 0.29) is 17.2 Å². The molecule has 1 atom stereocenters. The van der Waals surface area contributed by atoms with Crippen LogP contribution in [-0.2, 0) is 11.3 Å². The van der Waals surface area contributed by atoms with E-state index in [0.29, 0.717) is 29.3 Å². The summed E-state index contributed by atoms with van der Waals surface area (Å²) >= 11 is 1.61. The van der Waals surface area contributed by atoms with Gasteiger partial charge >= 0.3 is 0 Å². The van der Waals surface area contributed by atoms with E-state index in [1.165, 1.54) is 0 Å². The SMILES string of the molecule is COc1ccccc1NC(=O)c1ccc(C2SCC(=O)N2Cc2ccccc2)cc1. The summed E-state index contributed by atoms with van der Waals surface area (Å²) in [5.74, 6) is 1.00. The molecule has 0 aromatic heterocycles. The van der Waals surface area contributed by atoms with E-state index in [1.54, 1.807) is 43.1 Å². The lowest BCUT2D eigenvalue weighted by Crippen LogP contribution is -2.27. The summed E-state index contributed by atoms with van der Waals surface area (Å²) in [5.41, 5.74) is 3.29. The second kappa shape index (κ2) is 9.05. The van der Waals surface area contributed by atoms with Crippen molar-refractivity contribution in [3.63, 3.8) is 0 Å². The molecule has 1 aliphatic rings. The molecule has 2 amide bonds. The number of carbonyl (C=O) groups excluding carboxylic acids is 2. The van der Waals surface area contributed by atoms with Crippen LogP contribution >= 0.6 is 11.8 Å². The van der Waals surface area contributed by atoms with Crippen LogP contribution in [0.25, 0.3) is 0 Å². The average Bonchev–Trinajstić information content (AvgIpc) is 3.15. The first-order chi connectivity index (χ1) is 14.7. The largest absolute Gasteiger partial charge is 0.495 e. The fourth-order valence-corrected chi connectivity index (χ4v) is 4.61. The van der Waals surface area contributed by atoms with Crippen LogP contribution < -0.4 is 10.1 Å². The van der Waals surface area contributed by atoms with Gasteiger partial charge in [0.25, 0.3) is 5.91 Å². The fourth-order valence-electron chi connectivity index (χ4n) is 3.42. The van der Waals surface area contributed by atoms with Crippen LogP contribution in [0.15, 0.2) is 78.9 Å². The van der Waals surface area contributed by atoms with Crippen molar-refractivity contribution in [1.29, 1.82) is 0 Å². The molecule has 5 nitrogen and oxygen atoms in total. The van der Waals surface area contributed by atoms with Crippen molar-refractivity contribution < 1.29 is 14.3 Å². The summed E-state index contributed by atoms with van der Waals surface area (Å²) in [6.45, 7) is 0.577. The average molecular weight is 419 g/mol. The van der Waals surface area contributed by atoms with Crippen molar-refractivity contribution in [2.45, 2.75) is 11.9 Å². The number of thioether (sulfide) groups is 1. The van der Waals surface area contributed by atoms with Crippen molar-refractivity contribution >= 4 is 29.3 Å². The Morgan fingerprint density at radius 3 is 2.47 bits per heavy atom. The first-order valence-electron chi connectivity index (χ1n) is 9.65. The lowest BCUT2D eigenvalue weighted by molar-refractivity contribution is -0.128. The van der Waals surface area contributed by atoms with E-state index >= 15 is 0 Å². The molecule has 4 rings (SSSR count). The molecule has 1 heterocycles. The standard InChI is InChI=1S/C24H22N2O3S/c1-29-21-10-6-5-9-20(21)25-23(28)18-11-13-19(14-12-18)24-26(22(27)16-30-24)15-17-7-3-2-4-8-17/h2-14,24H,15-16H2,1H3,(H,25,28). The van der Waals surface area contributed by atoms with E-state index in [0.717, 1.165) is 11.1 Å². The highest BCUT2D eigenvalue weighted by molar-refractivity contribution is 8.00. The molecular formula is C24H22N2O3S. The molecule has 1 saturated heterocycles. The Bertz CT molecular complexity index is 1040. The van der Waals surface area contributed by atoms with E-state index in [2.05, 4.69) is 5.32 Å². The van der Waals surface area contributed by atoms with E-state index in [4.69, 9.17) is 4.74 Å². The maximum absolute atomic E-state index is 12.6. The Labute approximate surface area is 180 Å². The van der Waals surface area contributed by atoms with Crippen molar-refractivity contribution in [1.82, 2.24) is 4.90 Å². The van der Waals surface area contributed by atoms with Crippen molar-refractivity contribution in [3.8, 4) is 5.75 Å². The summed E-state index contributed by atoms with van der Waals surface area (Å²) in [5, 5.41) is 2.83. The van der Waals surface area contributed by atoms with Crippen LogP contribution in [0.2, 0.25) is 0 Å². The molecule has 1 fully saturated rings. The second-order valence-electron chi connectivity index (χ2n) is 6.95. The third-order valence-electron chi connectivity index (χ3n) is 4.98. The zero-order valence-electron chi connectivity index (χ0n) is 16.6. The third kappa shape index (κ3) is 4.33. The Morgan fingerprint density at radius 2 is 1.73 bits per heavy atom. The Hall–Kier alpha value is -3.25. The van der Waals surface area contributed by atoms with Crippen LogP contribution in [0.4, 0.5) is 5.69 Å². The van der Waals surface area contributed by atoms with Crippen molar-refractivity contribution in [2.24, 2.45) is 0 Å². The number of carbonyl (C=O) groups is 2. The summed E-state index contributed by atoms with van der Waals surface area (Å²) in [4.78, 5) is 27.0. The highest BCUT2D eigenvalue weighted by Gasteiger charge is 2.32. The molecule has 0 radical (unpaired) electrons. The van der Waals surface area contributed by atoms with Crippen LogP contribution in [-0.4, -0.2) is 29.6 Å². The molecule has 3 aromatic carbocycles. The molecule has 0 aliphatic carbocycles. The zero-order valence-corrected chi connectivity index (χ0v) is 17.4. The van der Waals surface area contributed by atoms with Gasteiger partial charge in [-0.25, -0.2) is 0 Å². The molecule has 1 aliphatic heterocycles. The number of benzene rings is 3.